The smallest absolute Gasteiger partial charge is 0.354 e. The number of carbonyl (C=O) groups is 2. The highest BCUT2D eigenvalue weighted by molar-refractivity contribution is 6.35. The van der Waals surface area contributed by atoms with E-state index in [0.29, 0.717) is 12.3 Å². The highest BCUT2D eigenvalue weighted by atomic mass is 16.5. The summed E-state index contributed by atoms with van der Waals surface area (Å²) >= 11 is 0. The van der Waals surface area contributed by atoms with Crippen LogP contribution in [0.4, 0.5) is 0 Å². The normalized spacial score (nSPS) is 11.4. The molecule has 0 spiro atoms. The molecular weight excluding hydrogens is 234 g/mol. The maximum absolute atomic E-state index is 11.5. The van der Waals surface area contributed by atoms with Crippen molar-refractivity contribution >= 4 is 17.6 Å². The molecule has 98 valence electrons. The molecule has 0 fully saturated rings. The highest BCUT2D eigenvalue weighted by Gasteiger charge is 2.10. The number of nitrogens with one attached hydrogen (secondary N) is 2. The van der Waals surface area contributed by atoms with E-state index in [2.05, 4.69) is 15.5 Å². The fourth-order valence-electron chi connectivity index (χ4n) is 1.06. The Morgan fingerprint density at radius 3 is 2.78 bits per heavy atom. The van der Waals surface area contributed by atoms with E-state index in [-0.39, 0.29) is 11.6 Å². The SMILES string of the molecule is C/C(=N\NC(=O)c1ccc[nH]1)C(=O)OCC(C)C. The minimum atomic E-state index is -0.532. The predicted octanol–water partition coefficient (Wildman–Crippen LogP) is 1.32. The van der Waals surface area contributed by atoms with Gasteiger partial charge in [0.05, 0.1) is 6.61 Å². The number of carbonyl (C=O) groups excluding carboxylic acids is 2. The number of aromatic nitrogens is 1. The number of esters is 1. The fourth-order valence-corrected chi connectivity index (χ4v) is 1.06. The van der Waals surface area contributed by atoms with E-state index in [9.17, 15) is 9.59 Å². The largest absolute Gasteiger partial charge is 0.461 e. The van der Waals surface area contributed by atoms with Gasteiger partial charge < -0.3 is 9.72 Å². The van der Waals surface area contributed by atoms with Gasteiger partial charge in [-0.3, -0.25) is 4.79 Å². The summed E-state index contributed by atoms with van der Waals surface area (Å²) in [4.78, 5) is 25.7. The fraction of sp³-hybridized carbons (Fsp3) is 0.417. The van der Waals surface area contributed by atoms with Crippen molar-refractivity contribution in [3.8, 4) is 0 Å². The number of rotatable bonds is 5. The molecule has 1 aromatic rings. The zero-order valence-electron chi connectivity index (χ0n) is 10.7. The van der Waals surface area contributed by atoms with Crippen molar-refractivity contribution in [2.24, 2.45) is 11.0 Å². The van der Waals surface area contributed by atoms with Gasteiger partial charge in [0, 0.05) is 6.20 Å². The molecule has 0 saturated carbocycles. The van der Waals surface area contributed by atoms with Gasteiger partial charge in [-0.1, -0.05) is 13.8 Å². The van der Waals surface area contributed by atoms with Crippen LogP contribution in [0.5, 0.6) is 0 Å². The summed E-state index contributed by atoms with van der Waals surface area (Å²) in [6.07, 6.45) is 1.63. The van der Waals surface area contributed by atoms with Crippen molar-refractivity contribution in [2.45, 2.75) is 20.8 Å². The van der Waals surface area contributed by atoms with Crippen molar-refractivity contribution in [1.82, 2.24) is 10.4 Å². The van der Waals surface area contributed by atoms with E-state index in [4.69, 9.17) is 4.74 Å². The third-order valence-electron chi connectivity index (χ3n) is 2.01. The highest BCUT2D eigenvalue weighted by Crippen LogP contribution is 1.95. The van der Waals surface area contributed by atoms with Crippen LogP contribution in [-0.2, 0) is 9.53 Å². The molecule has 0 aliphatic heterocycles. The van der Waals surface area contributed by atoms with Crippen LogP contribution in [-0.4, -0.2) is 29.2 Å². The van der Waals surface area contributed by atoms with E-state index in [1.165, 1.54) is 6.92 Å². The molecule has 0 aliphatic carbocycles. The van der Waals surface area contributed by atoms with Crippen molar-refractivity contribution < 1.29 is 14.3 Å². The van der Waals surface area contributed by atoms with E-state index in [1.54, 1.807) is 18.3 Å². The lowest BCUT2D eigenvalue weighted by Crippen LogP contribution is -2.24. The van der Waals surface area contributed by atoms with Gasteiger partial charge >= 0.3 is 5.97 Å². The topological polar surface area (TPSA) is 83.5 Å². The molecule has 0 unspecified atom stereocenters. The Morgan fingerprint density at radius 1 is 1.50 bits per heavy atom. The van der Waals surface area contributed by atoms with E-state index >= 15 is 0 Å². The first kappa shape index (κ1) is 14.0. The molecule has 0 atom stereocenters. The van der Waals surface area contributed by atoms with Crippen molar-refractivity contribution in [3.05, 3.63) is 24.0 Å². The molecule has 1 rings (SSSR count). The third kappa shape index (κ3) is 4.40. The van der Waals surface area contributed by atoms with Gasteiger partial charge in [-0.25, -0.2) is 10.2 Å². The zero-order valence-corrected chi connectivity index (χ0v) is 10.7. The van der Waals surface area contributed by atoms with Crippen molar-refractivity contribution in [1.29, 1.82) is 0 Å². The molecule has 0 aliphatic rings. The molecular formula is C12H17N3O3. The monoisotopic (exact) mass is 251 g/mol. The lowest BCUT2D eigenvalue weighted by atomic mass is 10.2. The number of hydrogen-bond donors (Lipinski definition) is 2. The van der Waals surface area contributed by atoms with Gasteiger partial charge in [0.15, 0.2) is 0 Å². The summed E-state index contributed by atoms with van der Waals surface area (Å²) in [5, 5.41) is 3.68. The van der Waals surface area contributed by atoms with Gasteiger partial charge in [-0.05, 0) is 25.0 Å². The van der Waals surface area contributed by atoms with Crippen LogP contribution in [0, 0.1) is 5.92 Å². The molecule has 1 heterocycles. The maximum atomic E-state index is 11.5. The average molecular weight is 251 g/mol. The first-order valence-corrected chi connectivity index (χ1v) is 5.66. The summed E-state index contributed by atoms with van der Waals surface area (Å²) in [5.41, 5.74) is 2.75. The number of aromatic amines is 1. The average Bonchev–Trinajstić information content (AvgIpc) is 2.86. The van der Waals surface area contributed by atoms with Gasteiger partial charge in [0.1, 0.15) is 11.4 Å². The van der Waals surface area contributed by atoms with Crippen molar-refractivity contribution in [2.75, 3.05) is 6.61 Å². The number of hydrogen-bond acceptors (Lipinski definition) is 4. The quantitative estimate of drug-likeness (QED) is 0.470. The Hall–Kier alpha value is -2.11. The van der Waals surface area contributed by atoms with Crippen LogP contribution in [0.15, 0.2) is 23.4 Å². The molecule has 6 heteroatoms. The molecule has 6 nitrogen and oxygen atoms in total. The molecule has 0 saturated heterocycles. The van der Waals surface area contributed by atoms with Crippen LogP contribution in [0.1, 0.15) is 31.3 Å². The van der Waals surface area contributed by atoms with Gasteiger partial charge in [0.2, 0.25) is 0 Å². The second kappa shape index (κ2) is 6.58. The lowest BCUT2D eigenvalue weighted by Gasteiger charge is -2.06. The lowest BCUT2D eigenvalue weighted by molar-refractivity contribution is -0.136. The summed E-state index contributed by atoms with van der Waals surface area (Å²) in [6.45, 7) is 5.69. The zero-order chi connectivity index (χ0) is 13.5. The number of hydrazone groups is 1. The Morgan fingerprint density at radius 2 is 2.22 bits per heavy atom. The van der Waals surface area contributed by atoms with Crippen molar-refractivity contribution in [3.63, 3.8) is 0 Å². The van der Waals surface area contributed by atoms with Crippen LogP contribution < -0.4 is 5.43 Å². The van der Waals surface area contributed by atoms with E-state index < -0.39 is 11.9 Å². The molecule has 1 amide bonds. The standard InChI is InChI=1S/C12H17N3O3/c1-8(2)7-18-12(17)9(3)14-15-11(16)10-5-4-6-13-10/h4-6,8,13H,7H2,1-3H3,(H,15,16)/b14-9+. The summed E-state index contributed by atoms with van der Waals surface area (Å²) < 4.78 is 4.96. The van der Waals surface area contributed by atoms with Crippen LogP contribution in [0.3, 0.4) is 0 Å². The van der Waals surface area contributed by atoms with Gasteiger partial charge in [0.25, 0.3) is 5.91 Å². The number of nitrogens with zero attached hydrogens (tertiary/aromatic N) is 1. The van der Waals surface area contributed by atoms with Gasteiger partial charge in [-0.2, -0.15) is 5.10 Å². The van der Waals surface area contributed by atoms with E-state index in [0.717, 1.165) is 0 Å². The molecule has 0 bridgehead atoms. The summed E-state index contributed by atoms with van der Waals surface area (Å²) in [6, 6.07) is 3.31. The second-order valence-electron chi connectivity index (χ2n) is 4.21. The first-order chi connectivity index (χ1) is 8.50. The maximum Gasteiger partial charge on any atom is 0.354 e. The van der Waals surface area contributed by atoms with Gasteiger partial charge in [-0.15, -0.1) is 0 Å². The Balaban J connectivity index is 2.46. The van der Waals surface area contributed by atoms with Crippen LogP contribution in [0.2, 0.25) is 0 Å². The van der Waals surface area contributed by atoms with E-state index in [1.807, 2.05) is 13.8 Å². The number of H-pyrrole nitrogens is 1. The Kier molecular flexibility index (Phi) is 5.10. The molecule has 0 radical (unpaired) electrons. The molecule has 1 aromatic heterocycles. The first-order valence-electron chi connectivity index (χ1n) is 5.66. The molecule has 2 N–H and O–H groups in total. The minimum Gasteiger partial charge on any atom is -0.461 e. The third-order valence-corrected chi connectivity index (χ3v) is 2.01. The second-order valence-corrected chi connectivity index (χ2v) is 4.21. The Bertz CT molecular complexity index is 435. The number of ether oxygens (including phenoxy) is 1. The minimum absolute atomic E-state index is 0.107. The Labute approximate surface area is 105 Å². The molecule has 0 aromatic carbocycles. The summed E-state index contributed by atoms with van der Waals surface area (Å²) in [5.74, 6) is -0.679. The number of amides is 1. The molecule has 18 heavy (non-hydrogen) atoms. The summed E-state index contributed by atoms with van der Waals surface area (Å²) in [7, 11) is 0. The predicted molar refractivity (Wildman–Crippen MR) is 67.2 cm³/mol. The van der Waals surface area contributed by atoms with Crippen LogP contribution in [0.25, 0.3) is 0 Å². The van der Waals surface area contributed by atoms with Crippen LogP contribution >= 0.6 is 0 Å².